The molecule has 0 aromatic heterocycles. The molecule has 1 unspecified atom stereocenters. The summed E-state index contributed by atoms with van der Waals surface area (Å²) < 4.78 is 4.68. The van der Waals surface area contributed by atoms with Crippen LogP contribution in [-0.2, 0) is 9.53 Å². The van der Waals surface area contributed by atoms with E-state index in [1.807, 2.05) is 0 Å². The summed E-state index contributed by atoms with van der Waals surface area (Å²) in [5, 5.41) is 8.61. The summed E-state index contributed by atoms with van der Waals surface area (Å²) in [6.07, 6.45) is 1.35. The van der Waals surface area contributed by atoms with Gasteiger partial charge in [-0.3, -0.25) is 4.90 Å². The Hall–Kier alpha value is -1.52. The lowest BCUT2D eigenvalue weighted by Crippen LogP contribution is -2.55. The molecule has 72 valence electrons. The fourth-order valence-corrected chi connectivity index (χ4v) is 1.08. The molecule has 5 heteroatoms. The molecule has 0 aromatic carbocycles. The summed E-state index contributed by atoms with van der Waals surface area (Å²) in [6, 6.07) is -0.711. The van der Waals surface area contributed by atoms with Gasteiger partial charge in [-0.15, -0.1) is 0 Å². The van der Waals surface area contributed by atoms with Crippen LogP contribution in [0, 0.1) is 0 Å². The lowest BCUT2D eigenvalue weighted by Gasteiger charge is -2.36. The van der Waals surface area contributed by atoms with Gasteiger partial charge in [-0.05, 0) is 6.42 Å². The van der Waals surface area contributed by atoms with Crippen LogP contribution in [0.25, 0.3) is 0 Å². The van der Waals surface area contributed by atoms with Gasteiger partial charge in [0.25, 0.3) is 0 Å². The van der Waals surface area contributed by atoms with Gasteiger partial charge < -0.3 is 9.84 Å². The summed E-state index contributed by atoms with van der Waals surface area (Å²) >= 11 is 0. The standard InChI is InChI=1S/C8H11NO4/c1-2-5-13-8(12)9-4-3-6(9)7(10)11/h2,6H,1,3-5H2,(H,10,11). The Morgan fingerprint density at radius 1 is 1.69 bits per heavy atom. The van der Waals surface area contributed by atoms with Gasteiger partial charge in [-0.25, -0.2) is 9.59 Å². The third-order valence-electron chi connectivity index (χ3n) is 1.86. The first kappa shape index (κ1) is 9.57. The van der Waals surface area contributed by atoms with E-state index in [0.717, 1.165) is 0 Å². The van der Waals surface area contributed by atoms with Crippen molar-refractivity contribution >= 4 is 12.1 Å². The highest BCUT2D eigenvalue weighted by Crippen LogP contribution is 2.18. The minimum absolute atomic E-state index is 0.113. The zero-order valence-corrected chi connectivity index (χ0v) is 7.10. The predicted molar refractivity (Wildman–Crippen MR) is 44.3 cm³/mol. The summed E-state index contributed by atoms with van der Waals surface area (Å²) in [5.74, 6) is -0.984. The smallest absolute Gasteiger partial charge is 0.410 e. The van der Waals surface area contributed by atoms with Crippen molar-refractivity contribution in [3.63, 3.8) is 0 Å². The number of hydrogen-bond acceptors (Lipinski definition) is 3. The molecule has 0 bridgehead atoms. The highest BCUT2D eigenvalue weighted by Gasteiger charge is 2.38. The number of nitrogens with zero attached hydrogens (tertiary/aromatic N) is 1. The highest BCUT2D eigenvalue weighted by atomic mass is 16.6. The third-order valence-corrected chi connectivity index (χ3v) is 1.86. The fraction of sp³-hybridized carbons (Fsp3) is 0.500. The second-order valence-corrected chi connectivity index (χ2v) is 2.70. The minimum atomic E-state index is -0.984. The number of carboxylic acid groups (broad SMARTS) is 1. The first-order valence-electron chi connectivity index (χ1n) is 3.94. The van der Waals surface area contributed by atoms with Crippen LogP contribution < -0.4 is 0 Å². The number of carbonyl (C=O) groups is 2. The van der Waals surface area contributed by atoms with Gasteiger partial charge in [0.2, 0.25) is 0 Å². The maximum Gasteiger partial charge on any atom is 0.410 e. The first-order valence-corrected chi connectivity index (χ1v) is 3.94. The Labute approximate surface area is 75.6 Å². The van der Waals surface area contributed by atoms with E-state index in [1.54, 1.807) is 0 Å². The molecule has 1 aliphatic heterocycles. The molecule has 1 aliphatic rings. The topological polar surface area (TPSA) is 66.8 Å². The van der Waals surface area contributed by atoms with Crippen LogP contribution >= 0.6 is 0 Å². The van der Waals surface area contributed by atoms with Crippen molar-refractivity contribution in [3.05, 3.63) is 12.7 Å². The molecule has 0 saturated carbocycles. The Kier molecular flexibility index (Phi) is 2.89. The van der Waals surface area contributed by atoms with Crippen LogP contribution in [0.3, 0.4) is 0 Å². The zero-order valence-electron chi connectivity index (χ0n) is 7.10. The summed E-state index contributed by atoms with van der Waals surface area (Å²) in [6.45, 7) is 3.94. The monoisotopic (exact) mass is 185 g/mol. The molecule has 1 saturated heterocycles. The number of likely N-dealkylation sites (tertiary alicyclic amines) is 1. The number of hydrogen-bond donors (Lipinski definition) is 1. The average Bonchev–Trinajstić information content (AvgIpc) is 1.97. The number of rotatable bonds is 3. The second-order valence-electron chi connectivity index (χ2n) is 2.70. The van der Waals surface area contributed by atoms with Crippen molar-refractivity contribution in [2.45, 2.75) is 12.5 Å². The molecule has 1 atom stereocenters. The van der Waals surface area contributed by atoms with E-state index in [0.29, 0.717) is 13.0 Å². The van der Waals surface area contributed by atoms with Crippen LogP contribution in [0.4, 0.5) is 4.79 Å². The van der Waals surface area contributed by atoms with E-state index >= 15 is 0 Å². The zero-order chi connectivity index (χ0) is 9.84. The normalized spacial score (nSPS) is 20.3. The van der Waals surface area contributed by atoms with Crippen molar-refractivity contribution < 1.29 is 19.4 Å². The van der Waals surface area contributed by atoms with Crippen molar-refractivity contribution in [2.75, 3.05) is 13.2 Å². The van der Waals surface area contributed by atoms with Gasteiger partial charge in [-0.2, -0.15) is 0 Å². The summed E-state index contributed by atoms with van der Waals surface area (Å²) in [4.78, 5) is 22.8. The van der Waals surface area contributed by atoms with Gasteiger partial charge in [0.1, 0.15) is 12.6 Å². The van der Waals surface area contributed by atoms with Gasteiger partial charge in [-0.1, -0.05) is 12.7 Å². The van der Waals surface area contributed by atoms with Crippen LogP contribution in [0.5, 0.6) is 0 Å². The SMILES string of the molecule is C=CCOC(=O)N1CCC1C(=O)O. The quantitative estimate of drug-likeness (QED) is 0.649. The summed E-state index contributed by atoms with van der Waals surface area (Å²) in [5.41, 5.74) is 0. The lowest BCUT2D eigenvalue weighted by atomic mass is 10.1. The number of carboxylic acids is 1. The molecule has 1 amide bonds. The molecular formula is C8H11NO4. The van der Waals surface area contributed by atoms with Gasteiger partial charge in [0, 0.05) is 6.54 Å². The molecule has 5 nitrogen and oxygen atoms in total. The Morgan fingerprint density at radius 3 is 2.77 bits per heavy atom. The molecule has 1 N–H and O–H groups in total. The van der Waals surface area contributed by atoms with Gasteiger partial charge >= 0.3 is 12.1 Å². The van der Waals surface area contributed by atoms with Crippen molar-refractivity contribution in [1.82, 2.24) is 4.90 Å². The van der Waals surface area contributed by atoms with E-state index in [-0.39, 0.29) is 6.61 Å². The lowest BCUT2D eigenvalue weighted by molar-refractivity contribution is -0.146. The molecular weight excluding hydrogens is 174 g/mol. The first-order chi connectivity index (χ1) is 6.16. The molecule has 1 fully saturated rings. The van der Waals surface area contributed by atoms with E-state index in [2.05, 4.69) is 11.3 Å². The van der Waals surface area contributed by atoms with E-state index < -0.39 is 18.1 Å². The van der Waals surface area contributed by atoms with Crippen molar-refractivity contribution in [1.29, 1.82) is 0 Å². The molecule has 13 heavy (non-hydrogen) atoms. The minimum Gasteiger partial charge on any atom is -0.480 e. The maximum atomic E-state index is 11.1. The van der Waals surface area contributed by atoms with E-state index in [9.17, 15) is 9.59 Å². The Balaban J connectivity index is 2.39. The number of carbonyl (C=O) groups excluding carboxylic acids is 1. The predicted octanol–water partition coefficient (Wildman–Crippen LogP) is 0.468. The van der Waals surface area contributed by atoms with Gasteiger partial charge in [0.05, 0.1) is 0 Å². The molecule has 0 aliphatic carbocycles. The van der Waals surface area contributed by atoms with Crippen molar-refractivity contribution in [2.24, 2.45) is 0 Å². The van der Waals surface area contributed by atoms with Crippen LogP contribution in [0.1, 0.15) is 6.42 Å². The van der Waals surface area contributed by atoms with Crippen LogP contribution in [-0.4, -0.2) is 41.3 Å². The number of ether oxygens (including phenoxy) is 1. The van der Waals surface area contributed by atoms with Crippen LogP contribution in [0.2, 0.25) is 0 Å². The number of amides is 1. The molecule has 0 spiro atoms. The molecule has 1 rings (SSSR count). The third kappa shape index (κ3) is 1.99. The molecule has 0 aromatic rings. The van der Waals surface area contributed by atoms with E-state index in [1.165, 1.54) is 11.0 Å². The average molecular weight is 185 g/mol. The van der Waals surface area contributed by atoms with Crippen molar-refractivity contribution in [3.8, 4) is 0 Å². The van der Waals surface area contributed by atoms with Crippen LogP contribution in [0.15, 0.2) is 12.7 Å². The Bertz CT molecular complexity index is 238. The molecule has 0 radical (unpaired) electrons. The van der Waals surface area contributed by atoms with Gasteiger partial charge in [0.15, 0.2) is 0 Å². The summed E-state index contributed by atoms with van der Waals surface area (Å²) in [7, 11) is 0. The fourth-order valence-electron chi connectivity index (χ4n) is 1.08. The second kappa shape index (κ2) is 3.93. The maximum absolute atomic E-state index is 11.1. The highest BCUT2D eigenvalue weighted by molar-refractivity contribution is 5.81. The Morgan fingerprint density at radius 2 is 2.38 bits per heavy atom. The van der Waals surface area contributed by atoms with E-state index in [4.69, 9.17) is 5.11 Å². The number of aliphatic carboxylic acids is 1. The molecule has 1 heterocycles. The largest absolute Gasteiger partial charge is 0.480 e.